The molecular weight excluding hydrogens is 164 g/mol. The second-order valence-electron chi connectivity index (χ2n) is 2.99. The van der Waals surface area contributed by atoms with Gasteiger partial charge in [0, 0.05) is 0 Å². The van der Waals surface area contributed by atoms with Crippen LogP contribution in [-0.2, 0) is 4.12 Å². The van der Waals surface area contributed by atoms with Gasteiger partial charge in [0.2, 0.25) is 8.32 Å². The van der Waals surface area contributed by atoms with Gasteiger partial charge in [-0.15, -0.1) is 0 Å². The Hall–Kier alpha value is 0.314. The monoisotopic (exact) mass is 179 g/mol. The molecule has 0 aromatic carbocycles. The minimum atomic E-state index is -2.19. The Labute approximate surface area is 64.5 Å². The third kappa shape index (κ3) is 3.47. The summed E-state index contributed by atoms with van der Waals surface area (Å²) < 4.78 is 5.44. The van der Waals surface area contributed by atoms with Crippen molar-refractivity contribution in [1.29, 1.82) is 0 Å². The molecule has 0 rings (SSSR count). The van der Waals surface area contributed by atoms with Crippen LogP contribution in [0.3, 0.4) is 0 Å². The average molecular weight is 179 g/mol. The molecule has 10 heavy (non-hydrogen) atoms. The highest BCUT2D eigenvalue weighted by Gasteiger charge is 2.31. The summed E-state index contributed by atoms with van der Waals surface area (Å²) in [5.74, 6) is -1.26. The van der Waals surface area contributed by atoms with Gasteiger partial charge >= 0.3 is 0 Å². The first-order valence-electron chi connectivity index (χ1n) is 3.21. The molecule has 0 heterocycles. The number of hydrogen-bond donors (Lipinski definition) is 2. The number of aliphatic hydroxyl groups is 2. The lowest BCUT2D eigenvalue weighted by atomic mass is 11.5. The smallest absolute Gasteiger partial charge is 0.235 e. The molecule has 3 nitrogen and oxygen atoms in total. The van der Waals surface area contributed by atoms with Gasteiger partial charge in [-0.25, -0.2) is 0 Å². The summed E-state index contributed by atoms with van der Waals surface area (Å²) in [6.07, 6.45) is 0. The van der Waals surface area contributed by atoms with E-state index in [4.69, 9.17) is 14.3 Å². The maximum absolute atomic E-state index is 8.84. The summed E-state index contributed by atoms with van der Waals surface area (Å²) in [5, 5.41) is 17.7. The molecule has 0 amide bonds. The predicted molar refractivity (Wildman–Crippen MR) is 44.3 cm³/mol. The van der Waals surface area contributed by atoms with Gasteiger partial charge in [0.05, 0.1) is 0 Å². The van der Waals surface area contributed by atoms with Gasteiger partial charge in [0.15, 0.2) is 15.0 Å². The summed E-state index contributed by atoms with van der Waals surface area (Å²) in [6, 6.07) is 0. The van der Waals surface area contributed by atoms with E-state index in [1.165, 1.54) is 0 Å². The molecule has 0 spiro atoms. The first-order valence-corrected chi connectivity index (χ1v) is 8.61. The fourth-order valence-electron chi connectivity index (χ4n) is 0.579. The third-order valence-corrected chi connectivity index (χ3v) is 6.07. The van der Waals surface area contributed by atoms with Crippen molar-refractivity contribution in [2.45, 2.75) is 32.1 Å². The molecule has 0 fully saturated rings. The Bertz CT molecular complexity index is 103. The summed E-state index contributed by atoms with van der Waals surface area (Å²) in [7, 11) is -2.98. The molecule has 0 aliphatic rings. The van der Waals surface area contributed by atoms with Crippen LogP contribution < -0.4 is 0 Å². The van der Waals surface area contributed by atoms with Crippen molar-refractivity contribution in [3.63, 3.8) is 0 Å². The molecule has 0 aliphatic heterocycles. The van der Waals surface area contributed by atoms with E-state index in [9.17, 15) is 0 Å². The van der Waals surface area contributed by atoms with Gasteiger partial charge in [-0.1, -0.05) is 0 Å². The lowest BCUT2D eigenvalue weighted by molar-refractivity contribution is 0.0117. The number of hydrogen-bond acceptors (Lipinski definition) is 3. The highest BCUT2D eigenvalue weighted by atomic mass is 28.4. The summed E-state index contributed by atoms with van der Waals surface area (Å²) >= 11 is 0. The van der Waals surface area contributed by atoms with Crippen LogP contribution in [0.15, 0.2) is 0 Å². The van der Waals surface area contributed by atoms with Crippen molar-refractivity contribution >= 4 is 17.4 Å². The Morgan fingerprint density at radius 2 is 1.70 bits per heavy atom. The van der Waals surface area contributed by atoms with Crippen molar-refractivity contribution < 1.29 is 14.3 Å². The molecule has 0 aromatic heterocycles. The summed E-state index contributed by atoms with van der Waals surface area (Å²) in [6.45, 7) is 7.58. The Morgan fingerprint density at radius 1 is 1.30 bits per heavy atom. The van der Waals surface area contributed by atoms with Gasteiger partial charge in [-0.3, -0.25) is 0 Å². The van der Waals surface area contributed by atoms with Crippen molar-refractivity contribution in [1.82, 2.24) is 0 Å². The molecule has 61 valence electrons. The van der Waals surface area contributed by atoms with Crippen LogP contribution in [-0.4, -0.2) is 33.5 Å². The molecule has 5 heteroatoms. The van der Waals surface area contributed by atoms with E-state index >= 15 is 0 Å². The standard InChI is InChI=1S/C5H15O3Si2/c1-9(2)8-10(3,4)5(6)7/h5-7H,1-4H3. The fraction of sp³-hybridized carbons (Fsp3) is 1.00. The molecule has 0 atom stereocenters. The summed E-state index contributed by atoms with van der Waals surface area (Å²) in [4.78, 5) is 0. The average Bonchev–Trinajstić information content (AvgIpc) is 1.60. The zero-order valence-corrected chi connectivity index (χ0v) is 8.88. The Kier molecular flexibility index (Phi) is 3.75. The van der Waals surface area contributed by atoms with Crippen LogP contribution in [0.25, 0.3) is 0 Å². The summed E-state index contributed by atoms with van der Waals surface area (Å²) in [5.41, 5.74) is 0. The molecule has 0 aromatic rings. The zero-order valence-electron chi connectivity index (χ0n) is 6.88. The van der Waals surface area contributed by atoms with Gasteiger partial charge in [0.25, 0.3) is 0 Å². The molecular formula is C5H15O3Si2. The topological polar surface area (TPSA) is 49.7 Å². The minimum absolute atomic E-state index is 0.795. The van der Waals surface area contributed by atoms with Crippen molar-refractivity contribution in [2.75, 3.05) is 0 Å². The molecule has 0 bridgehead atoms. The second-order valence-corrected chi connectivity index (χ2v) is 9.34. The van der Waals surface area contributed by atoms with Crippen LogP contribution in [0.5, 0.6) is 0 Å². The quantitative estimate of drug-likeness (QED) is 0.484. The van der Waals surface area contributed by atoms with Crippen LogP contribution in [0.4, 0.5) is 0 Å². The molecule has 0 saturated carbocycles. The SMILES string of the molecule is C[Si](C)O[Si](C)(C)C(O)O. The van der Waals surface area contributed by atoms with E-state index in [0.29, 0.717) is 0 Å². The second kappa shape index (κ2) is 3.63. The lowest BCUT2D eigenvalue weighted by Crippen LogP contribution is -2.47. The van der Waals surface area contributed by atoms with Crippen LogP contribution >= 0.6 is 0 Å². The highest BCUT2D eigenvalue weighted by molar-refractivity contribution is 6.78. The van der Waals surface area contributed by atoms with Gasteiger partial charge in [0.1, 0.15) is 0 Å². The van der Waals surface area contributed by atoms with Gasteiger partial charge in [-0.2, -0.15) is 0 Å². The zero-order chi connectivity index (χ0) is 8.36. The van der Waals surface area contributed by atoms with Crippen LogP contribution in [0.2, 0.25) is 26.2 Å². The van der Waals surface area contributed by atoms with E-state index in [2.05, 4.69) is 0 Å². The molecule has 1 radical (unpaired) electrons. The Balaban J connectivity index is 3.87. The first kappa shape index (κ1) is 10.3. The van der Waals surface area contributed by atoms with Crippen LogP contribution in [0.1, 0.15) is 0 Å². The fourth-order valence-corrected chi connectivity index (χ4v) is 5.21. The van der Waals surface area contributed by atoms with E-state index < -0.39 is 23.3 Å². The molecule has 0 unspecified atom stereocenters. The largest absolute Gasteiger partial charge is 0.452 e. The lowest BCUT2D eigenvalue weighted by Gasteiger charge is -2.26. The number of rotatable bonds is 3. The van der Waals surface area contributed by atoms with Crippen LogP contribution in [0, 0.1) is 0 Å². The van der Waals surface area contributed by atoms with E-state index in [0.717, 1.165) is 0 Å². The highest BCUT2D eigenvalue weighted by Crippen LogP contribution is 2.09. The number of aliphatic hydroxyl groups excluding tert-OH is 1. The maximum atomic E-state index is 8.84. The third-order valence-electron chi connectivity index (χ3n) is 1.09. The molecule has 0 aliphatic carbocycles. The normalized spacial score (nSPS) is 13.2. The van der Waals surface area contributed by atoms with Gasteiger partial charge in [-0.05, 0) is 26.2 Å². The maximum Gasteiger partial charge on any atom is 0.235 e. The predicted octanol–water partition coefficient (Wildman–Crippen LogP) is 0.309. The molecule has 2 N–H and O–H groups in total. The molecule has 0 saturated heterocycles. The van der Waals surface area contributed by atoms with Crippen molar-refractivity contribution in [2.24, 2.45) is 0 Å². The first-order chi connectivity index (χ1) is 4.36. The van der Waals surface area contributed by atoms with Crippen molar-refractivity contribution in [3.8, 4) is 0 Å². The van der Waals surface area contributed by atoms with E-state index in [1.54, 1.807) is 13.1 Å². The van der Waals surface area contributed by atoms with Gasteiger partial charge < -0.3 is 14.3 Å². The Morgan fingerprint density at radius 3 is 1.80 bits per heavy atom. The minimum Gasteiger partial charge on any atom is -0.452 e. The van der Waals surface area contributed by atoms with E-state index in [-0.39, 0.29) is 0 Å². The van der Waals surface area contributed by atoms with E-state index in [1.807, 2.05) is 13.1 Å². The van der Waals surface area contributed by atoms with Crippen molar-refractivity contribution in [3.05, 3.63) is 0 Å².